The average Bonchev–Trinajstić information content (AvgIpc) is 3.06. The molecule has 1 aromatic heterocycles. The number of hydrogen-bond donors (Lipinski definition) is 1. The van der Waals surface area contributed by atoms with Gasteiger partial charge in [-0.25, -0.2) is 0 Å². The zero-order valence-corrected chi connectivity index (χ0v) is 15.7. The molecule has 4 aromatic rings. The van der Waals surface area contributed by atoms with Gasteiger partial charge in [0.25, 0.3) is 5.91 Å². The predicted octanol–water partition coefficient (Wildman–Crippen LogP) is 5.09. The van der Waals surface area contributed by atoms with Crippen molar-refractivity contribution in [1.29, 1.82) is 0 Å². The van der Waals surface area contributed by atoms with Gasteiger partial charge in [0.2, 0.25) is 0 Å². The molecular formula is C19H12BrClN4O. The highest BCUT2D eigenvalue weighted by atomic mass is 79.9. The number of carbonyl (C=O) groups is 1. The van der Waals surface area contributed by atoms with Gasteiger partial charge in [-0.2, -0.15) is 4.80 Å². The van der Waals surface area contributed by atoms with E-state index in [1.165, 1.54) is 0 Å². The van der Waals surface area contributed by atoms with Crippen molar-refractivity contribution in [2.75, 3.05) is 5.32 Å². The molecule has 0 saturated heterocycles. The van der Waals surface area contributed by atoms with E-state index < -0.39 is 0 Å². The normalized spacial score (nSPS) is 10.8. The summed E-state index contributed by atoms with van der Waals surface area (Å²) in [6.07, 6.45) is 0. The summed E-state index contributed by atoms with van der Waals surface area (Å²) >= 11 is 9.67. The van der Waals surface area contributed by atoms with E-state index in [1.807, 2.05) is 42.5 Å². The standard InChI is InChI=1S/C19H12BrClN4O/c20-13-8-6-12(7-9-13)19(26)22-16-11-18-17(10-15(16)21)23-25(24-18)14-4-2-1-3-5-14/h1-11H,(H,22,26). The zero-order valence-electron chi connectivity index (χ0n) is 13.4. The highest BCUT2D eigenvalue weighted by molar-refractivity contribution is 9.10. The van der Waals surface area contributed by atoms with Gasteiger partial charge in [0, 0.05) is 10.0 Å². The Hall–Kier alpha value is -2.70. The molecule has 0 radical (unpaired) electrons. The van der Waals surface area contributed by atoms with Gasteiger partial charge in [0.15, 0.2) is 0 Å². The fourth-order valence-corrected chi connectivity index (χ4v) is 2.98. The Labute approximate surface area is 162 Å². The largest absolute Gasteiger partial charge is 0.321 e. The lowest BCUT2D eigenvalue weighted by Crippen LogP contribution is -2.12. The third kappa shape index (κ3) is 3.34. The number of hydrogen-bond acceptors (Lipinski definition) is 3. The van der Waals surface area contributed by atoms with Crippen LogP contribution in [0.15, 0.2) is 71.2 Å². The lowest BCUT2D eigenvalue weighted by Gasteiger charge is -2.07. The Bertz CT molecular complexity index is 1090. The molecule has 0 aliphatic rings. The molecule has 0 aliphatic carbocycles. The predicted molar refractivity (Wildman–Crippen MR) is 106 cm³/mol. The highest BCUT2D eigenvalue weighted by Gasteiger charge is 2.12. The van der Waals surface area contributed by atoms with Crippen LogP contribution in [0, 0.1) is 0 Å². The second kappa shape index (κ2) is 6.90. The number of aromatic nitrogens is 3. The summed E-state index contributed by atoms with van der Waals surface area (Å²) in [5.41, 5.74) is 3.18. The zero-order chi connectivity index (χ0) is 18.1. The van der Waals surface area contributed by atoms with Crippen molar-refractivity contribution < 1.29 is 4.79 Å². The maximum atomic E-state index is 12.4. The Balaban J connectivity index is 1.66. The van der Waals surface area contributed by atoms with Crippen LogP contribution in [-0.2, 0) is 0 Å². The quantitative estimate of drug-likeness (QED) is 0.495. The molecule has 0 spiro atoms. The first-order valence-corrected chi connectivity index (χ1v) is 8.96. The van der Waals surface area contributed by atoms with Gasteiger partial charge in [-0.15, -0.1) is 10.2 Å². The van der Waals surface area contributed by atoms with Crippen molar-refractivity contribution in [1.82, 2.24) is 15.0 Å². The fourth-order valence-electron chi connectivity index (χ4n) is 2.51. The van der Waals surface area contributed by atoms with Crippen LogP contribution in [0.5, 0.6) is 0 Å². The number of rotatable bonds is 3. The minimum absolute atomic E-state index is 0.241. The lowest BCUT2D eigenvalue weighted by atomic mass is 10.2. The molecule has 0 saturated carbocycles. The van der Waals surface area contributed by atoms with Crippen molar-refractivity contribution in [3.63, 3.8) is 0 Å². The van der Waals surface area contributed by atoms with Gasteiger partial charge < -0.3 is 5.32 Å². The van der Waals surface area contributed by atoms with Gasteiger partial charge in [-0.1, -0.05) is 45.7 Å². The van der Waals surface area contributed by atoms with E-state index in [4.69, 9.17) is 11.6 Å². The number of amides is 1. The molecule has 0 atom stereocenters. The molecule has 7 heteroatoms. The number of para-hydroxylation sites is 1. The van der Waals surface area contributed by atoms with Crippen molar-refractivity contribution >= 4 is 50.2 Å². The number of anilines is 1. The van der Waals surface area contributed by atoms with Crippen molar-refractivity contribution in [3.8, 4) is 5.69 Å². The van der Waals surface area contributed by atoms with Gasteiger partial charge in [-0.3, -0.25) is 4.79 Å². The molecule has 0 aliphatic heterocycles. The highest BCUT2D eigenvalue weighted by Crippen LogP contribution is 2.27. The van der Waals surface area contributed by atoms with E-state index in [1.54, 1.807) is 29.1 Å². The molecular weight excluding hydrogens is 416 g/mol. The fraction of sp³-hybridized carbons (Fsp3) is 0. The van der Waals surface area contributed by atoms with Gasteiger partial charge >= 0.3 is 0 Å². The first-order chi connectivity index (χ1) is 12.6. The van der Waals surface area contributed by atoms with Crippen molar-refractivity contribution in [2.45, 2.75) is 0 Å². The number of nitrogens with one attached hydrogen (secondary N) is 1. The lowest BCUT2D eigenvalue weighted by molar-refractivity contribution is 0.102. The minimum atomic E-state index is -0.241. The van der Waals surface area contributed by atoms with Crippen molar-refractivity contribution in [3.05, 3.63) is 81.8 Å². The van der Waals surface area contributed by atoms with E-state index in [-0.39, 0.29) is 5.91 Å². The molecule has 4 rings (SSSR count). The smallest absolute Gasteiger partial charge is 0.255 e. The van der Waals surface area contributed by atoms with Gasteiger partial charge in [-0.05, 0) is 48.5 Å². The van der Waals surface area contributed by atoms with Crippen LogP contribution < -0.4 is 5.32 Å². The summed E-state index contributed by atoms with van der Waals surface area (Å²) in [6.45, 7) is 0. The average molecular weight is 428 g/mol. The van der Waals surface area contributed by atoms with E-state index in [0.29, 0.717) is 27.3 Å². The maximum Gasteiger partial charge on any atom is 0.255 e. The molecule has 1 heterocycles. The molecule has 1 amide bonds. The summed E-state index contributed by atoms with van der Waals surface area (Å²) < 4.78 is 0.908. The van der Waals surface area contributed by atoms with E-state index in [2.05, 4.69) is 31.4 Å². The Morgan fingerprint density at radius 2 is 1.62 bits per heavy atom. The Morgan fingerprint density at radius 1 is 0.962 bits per heavy atom. The van der Waals surface area contributed by atoms with Crippen LogP contribution in [0.1, 0.15) is 10.4 Å². The van der Waals surface area contributed by atoms with Gasteiger partial charge in [0.05, 0.1) is 16.4 Å². The Morgan fingerprint density at radius 3 is 2.31 bits per heavy atom. The molecule has 128 valence electrons. The molecule has 0 fully saturated rings. The van der Waals surface area contributed by atoms with Gasteiger partial charge in [0.1, 0.15) is 11.0 Å². The van der Waals surface area contributed by atoms with E-state index in [0.717, 1.165) is 10.2 Å². The molecule has 0 bridgehead atoms. The molecule has 5 nitrogen and oxygen atoms in total. The molecule has 26 heavy (non-hydrogen) atoms. The first kappa shape index (κ1) is 16.8. The summed E-state index contributed by atoms with van der Waals surface area (Å²) in [5, 5.41) is 12.1. The molecule has 1 N–H and O–H groups in total. The van der Waals surface area contributed by atoms with Crippen molar-refractivity contribution in [2.24, 2.45) is 0 Å². The van der Waals surface area contributed by atoms with Crippen LogP contribution in [0.25, 0.3) is 16.7 Å². The maximum absolute atomic E-state index is 12.4. The van der Waals surface area contributed by atoms with Crippen LogP contribution in [0.2, 0.25) is 5.02 Å². The number of fused-ring (bicyclic) bond motifs is 1. The topological polar surface area (TPSA) is 59.8 Å². The van der Waals surface area contributed by atoms with Crippen LogP contribution in [0.3, 0.4) is 0 Å². The van der Waals surface area contributed by atoms with E-state index in [9.17, 15) is 4.79 Å². The Kier molecular flexibility index (Phi) is 4.44. The van der Waals surface area contributed by atoms with Crippen LogP contribution in [-0.4, -0.2) is 20.9 Å². The third-order valence-corrected chi connectivity index (χ3v) is 4.65. The number of nitrogens with zero attached hydrogens (tertiary/aromatic N) is 3. The first-order valence-electron chi connectivity index (χ1n) is 7.79. The molecule has 3 aromatic carbocycles. The number of carbonyl (C=O) groups excluding carboxylic acids is 1. The van der Waals surface area contributed by atoms with E-state index >= 15 is 0 Å². The third-order valence-electron chi connectivity index (χ3n) is 3.81. The molecule has 0 unspecified atom stereocenters. The summed E-state index contributed by atoms with van der Waals surface area (Å²) in [6, 6.07) is 20.1. The number of halogens is 2. The minimum Gasteiger partial charge on any atom is -0.321 e. The van der Waals surface area contributed by atoms with Crippen LogP contribution >= 0.6 is 27.5 Å². The number of benzene rings is 3. The van der Waals surface area contributed by atoms with Crippen LogP contribution in [0.4, 0.5) is 5.69 Å². The summed E-state index contributed by atoms with van der Waals surface area (Å²) in [4.78, 5) is 14.0. The second-order valence-electron chi connectivity index (χ2n) is 5.61. The second-order valence-corrected chi connectivity index (χ2v) is 6.93. The summed E-state index contributed by atoms with van der Waals surface area (Å²) in [5.74, 6) is -0.241. The monoisotopic (exact) mass is 426 g/mol. The SMILES string of the molecule is O=C(Nc1cc2nn(-c3ccccc3)nc2cc1Cl)c1ccc(Br)cc1. The summed E-state index contributed by atoms with van der Waals surface area (Å²) in [7, 11) is 0.